The first-order chi connectivity index (χ1) is 11.3. The van der Waals surface area contributed by atoms with E-state index in [-0.39, 0.29) is 5.91 Å². The van der Waals surface area contributed by atoms with Crippen LogP contribution >= 0.6 is 0 Å². The summed E-state index contributed by atoms with van der Waals surface area (Å²) < 4.78 is 0. The maximum atomic E-state index is 12.7. The van der Waals surface area contributed by atoms with E-state index in [1.807, 2.05) is 64.1 Å². The molecule has 0 bridgehead atoms. The lowest BCUT2D eigenvalue weighted by atomic mass is 10.1. The Morgan fingerprint density at radius 1 is 0.792 bits per heavy atom. The largest absolute Gasteiger partial charge is 0.366 e. The molecule has 0 fully saturated rings. The summed E-state index contributed by atoms with van der Waals surface area (Å²) in [6.07, 6.45) is 2.28. The van der Waals surface area contributed by atoms with E-state index in [0.29, 0.717) is 0 Å². The molecule has 24 heavy (non-hydrogen) atoms. The molecular weight excluding hydrogens is 300 g/mol. The monoisotopic (exact) mass is 322 g/mol. The second-order valence-electron chi connectivity index (χ2n) is 5.95. The van der Waals surface area contributed by atoms with Gasteiger partial charge in [0, 0.05) is 23.5 Å². The summed E-state index contributed by atoms with van der Waals surface area (Å²) in [6.45, 7) is 8.05. The molecule has 4 heteroatoms. The molecule has 2 aromatic carbocycles. The van der Waals surface area contributed by atoms with Crippen LogP contribution in [0.25, 0.3) is 0 Å². The second-order valence-corrected chi connectivity index (χ2v) is 5.95. The minimum Gasteiger partial charge on any atom is -0.366 e. The molecule has 0 saturated carbocycles. The number of rotatable bonds is 4. The molecule has 0 aliphatic carbocycles. The summed E-state index contributed by atoms with van der Waals surface area (Å²) in [5.74, 6) is -0.969. The van der Waals surface area contributed by atoms with Gasteiger partial charge in [-0.2, -0.15) is 0 Å². The van der Waals surface area contributed by atoms with Crippen molar-refractivity contribution in [2.45, 2.75) is 27.7 Å². The smallest absolute Gasteiger partial charge is 0.255 e. The summed E-state index contributed by atoms with van der Waals surface area (Å²) in [5, 5.41) is 0. The van der Waals surface area contributed by atoms with E-state index in [9.17, 15) is 9.59 Å². The molecular formula is C20H22N2O2. The highest BCUT2D eigenvalue weighted by Crippen LogP contribution is 2.29. The summed E-state index contributed by atoms with van der Waals surface area (Å²) in [5.41, 5.74) is 11.1. The summed E-state index contributed by atoms with van der Waals surface area (Å²) >= 11 is 0. The molecule has 2 rings (SSSR count). The molecule has 0 aromatic heterocycles. The first-order valence-corrected chi connectivity index (χ1v) is 7.75. The van der Waals surface area contributed by atoms with Gasteiger partial charge in [0.05, 0.1) is 0 Å². The average Bonchev–Trinajstić information content (AvgIpc) is 2.52. The molecule has 0 aliphatic heterocycles. The van der Waals surface area contributed by atoms with E-state index < -0.39 is 5.91 Å². The zero-order valence-corrected chi connectivity index (χ0v) is 14.5. The first kappa shape index (κ1) is 17.5. The molecule has 2 aromatic rings. The number of nitrogens with two attached hydrogens (primary N) is 1. The molecule has 124 valence electrons. The third kappa shape index (κ3) is 3.90. The van der Waals surface area contributed by atoms with Crippen LogP contribution in [0, 0.1) is 27.7 Å². The molecule has 0 heterocycles. The van der Waals surface area contributed by atoms with Gasteiger partial charge < -0.3 is 5.73 Å². The van der Waals surface area contributed by atoms with Gasteiger partial charge in [0.1, 0.15) is 0 Å². The number of benzene rings is 2. The number of aryl methyl sites for hydroxylation is 4. The van der Waals surface area contributed by atoms with Crippen molar-refractivity contribution in [3.63, 3.8) is 0 Å². The van der Waals surface area contributed by atoms with Gasteiger partial charge in [-0.3, -0.25) is 14.5 Å². The van der Waals surface area contributed by atoms with Crippen LogP contribution in [-0.4, -0.2) is 11.8 Å². The summed E-state index contributed by atoms with van der Waals surface area (Å²) in [4.78, 5) is 25.2. The van der Waals surface area contributed by atoms with Gasteiger partial charge in [-0.15, -0.1) is 0 Å². The van der Waals surface area contributed by atoms with Crippen LogP contribution in [0.2, 0.25) is 0 Å². The fourth-order valence-corrected chi connectivity index (χ4v) is 2.36. The van der Waals surface area contributed by atoms with E-state index in [0.717, 1.165) is 39.7 Å². The van der Waals surface area contributed by atoms with Crippen LogP contribution in [0.1, 0.15) is 22.3 Å². The lowest BCUT2D eigenvalue weighted by Gasteiger charge is -2.23. The first-order valence-electron chi connectivity index (χ1n) is 7.75. The van der Waals surface area contributed by atoms with Crippen LogP contribution in [0.4, 0.5) is 11.4 Å². The summed E-state index contributed by atoms with van der Waals surface area (Å²) in [6, 6.07) is 11.7. The van der Waals surface area contributed by atoms with Crippen LogP contribution in [-0.2, 0) is 9.59 Å². The van der Waals surface area contributed by atoms with E-state index in [1.165, 1.54) is 6.08 Å². The van der Waals surface area contributed by atoms with Gasteiger partial charge in [-0.1, -0.05) is 12.1 Å². The van der Waals surface area contributed by atoms with Crippen molar-refractivity contribution in [3.05, 3.63) is 70.8 Å². The Kier molecular flexibility index (Phi) is 5.19. The topological polar surface area (TPSA) is 63.4 Å². The maximum Gasteiger partial charge on any atom is 0.255 e. The molecule has 0 unspecified atom stereocenters. The number of carbonyl (C=O) groups excluding carboxylic acids is 2. The normalized spacial score (nSPS) is 10.8. The fraction of sp³-hybridized carbons (Fsp3) is 0.200. The second kappa shape index (κ2) is 7.13. The highest BCUT2D eigenvalue weighted by Gasteiger charge is 2.17. The standard InChI is InChI=1S/C20H22N2O2/c1-13-5-7-17(11-15(13)3)22(20(24)10-9-19(21)23)18-8-6-14(2)16(4)12-18/h5-12H,1-4H3,(H2,21,23)/b10-9+. The molecule has 0 atom stereocenters. The zero-order valence-electron chi connectivity index (χ0n) is 14.5. The van der Waals surface area contributed by atoms with Gasteiger partial charge in [0.2, 0.25) is 5.91 Å². The van der Waals surface area contributed by atoms with E-state index >= 15 is 0 Å². The third-order valence-corrected chi connectivity index (χ3v) is 4.11. The summed E-state index contributed by atoms with van der Waals surface area (Å²) in [7, 11) is 0. The Bertz CT molecular complexity index is 771. The molecule has 4 nitrogen and oxygen atoms in total. The number of carbonyl (C=O) groups is 2. The number of primary amides is 1. The highest BCUT2D eigenvalue weighted by molar-refractivity contribution is 6.09. The third-order valence-electron chi connectivity index (χ3n) is 4.11. The Morgan fingerprint density at radius 3 is 1.62 bits per heavy atom. The minimum atomic E-state index is -0.650. The number of amides is 2. The van der Waals surface area contributed by atoms with E-state index in [1.54, 1.807) is 4.90 Å². The van der Waals surface area contributed by atoms with Crippen molar-refractivity contribution < 1.29 is 9.59 Å². The van der Waals surface area contributed by atoms with Gasteiger partial charge in [0.15, 0.2) is 0 Å². The van der Waals surface area contributed by atoms with Crippen LogP contribution in [0.3, 0.4) is 0 Å². The Balaban J connectivity index is 2.55. The van der Waals surface area contributed by atoms with Gasteiger partial charge in [-0.25, -0.2) is 0 Å². The maximum absolute atomic E-state index is 12.7. The van der Waals surface area contributed by atoms with Gasteiger partial charge >= 0.3 is 0 Å². The SMILES string of the molecule is Cc1ccc(N(C(=O)/C=C/C(N)=O)c2ccc(C)c(C)c2)cc1C. The quantitative estimate of drug-likeness (QED) is 0.874. The Labute approximate surface area is 142 Å². The van der Waals surface area contributed by atoms with Crippen molar-refractivity contribution in [2.75, 3.05) is 4.90 Å². The number of hydrogen-bond acceptors (Lipinski definition) is 2. The molecule has 2 N–H and O–H groups in total. The number of nitrogens with zero attached hydrogens (tertiary/aromatic N) is 1. The van der Waals surface area contributed by atoms with Crippen molar-refractivity contribution in [2.24, 2.45) is 5.73 Å². The molecule has 2 amide bonds. The number of anilines is 2. The van der Waals surface area contributed by atoms with E-state index in [2.05, 4.69) is 0 Å². The van der Waals surface area contributed by atoms with Crippen LogP contribution < -0.4 is 10.6 Å². The van der Waals surface area contributed by atoms with Crippen molar-refractivity contribution >= 4 is 23.2 Å². The Hall–Kier alpha value is -2.88. The lowest BCUT2D eigenvalue weighted by molar-refractivity contribution is -0.115. The Morgan fingerprint density at radius 2 is 1.25 bits per heavy atom. The molecule has 0 spiro atoms. The minimum absolute atomic E-state index is 0.319. The number of hydrogen-bond donors (Lipinski definition) is 1. The fourth-order valence-electron chi connectivity index (χ4n) is 2.36. The molecule has 0 radical (unpaired) electrons. The predicted molar refractivity (Wildman–Crippen MR) is 97.3 cm³/mol. The van der Waals surface area contributed by atoms with Crippen molar-refractivity contribution in [3.8, 4) is 0 Å². The van der Waals surface area contributed by atoms with Crippen molar-refractivity contribution in [1.29, 1.82) is 0 Å². The average molecular weight is 322 g/mol. The van der Waals surface area contributed by atoms with Gasteiger partial charge in [0.25, 0.3) is 5.91 Å². The van der Waals surface area contributed by atoms with Gasteiger partial charge in [-0.05, 0) is 74.2 Å². The van der Waals surface area contributed by atoms with Crippen molar-refractivity contribution in [1.82, 2.24) is 0 Å². The lowest BCUT2D eigenvalue weighted by Crippen LogP contribution is -2.24. The molecule has 0 saturated heterocycles. The van der Waals surface area contributed by atoms with E-state index in [4.69, 9.17) is 5.73 Å². The predicted octanol–water partition coefficient (Wildman–Crippen LogP) is 3.63. The molecule has 0 aliphatic rings. The zero-order chi connectivity index (χ0) is 17.9. The van der Waals surface area contributed by atoms with Crippen LogP contribution in [0.15, 0.2) is 48.6 Å². The highest BCUT2D eigenvalue weighted by atomic mass is 16.2. The van der Waals surface area contributed by atoms with Crippen LogP contribution in [0.5, 0.6) is 0 Å².